The predicted molar refractivity (Wildman–Crippen MR) is 72.8 cm³/mol. The van der Waals surface area contributed by atoms with Gasteiger partial charge in [-0.25, -0.2) is 0 Å². The zero-order valence-corrected chi connectivity index (χ0v) is 11.0. The van der Waals surface area contributed by atoms with Gasteiger partial charge in [0.05, 0.1) is 0 Å². The lowest BCUT2D eigenvalue weighted by atomic mass is 10.2. The number of halogens is 1. The minimum Gasteiger partial charge on any atom is -0.381 e. The number of nitrogens with zero attached hydrogens (tertiary/aromatic N) is 1. The Kier molecular flexibility index (Phi) is 3.01. The molecule has 0 amide bonds. The lowest BCUT2D eigenvalue weighted by Gasteiger charge is -2.17. The molecule has 3 rings (SSSR count). The van der Waals surface area contributed by atoms with Crippen LogP contribution >= 0.6 is 11.6 Å². The van der Waals surface area contributed by atoms with Gasteiger partial charge in [-0.15, -0.1) is 0 Å². The van der Waals surface area contributed by atoms with E-state index in [0.29, 0.717) is 6.04 Å². The van der Waals surface area contributed by atoms with E-state index in [9.17, 15) is 0 Å². The second-order valence-electron chi connectivity index (χ2n) is 5.32. The van der Waals surface area contributed by atoms with Crippen LogP contribution in [0.2, 0.25) is 5.02 Å². The van der Waals surface area contributed by atoms with Crippen molar-refractivity contribution in [2.75, 3.05) is 18.4 Å². The van der Waals surface area contributed by atoms with Gasteiger partial charge in [-0.05, 0) is 43.9 Å². The zero-order chi connectivity index (χ0) is 11.8. The largest absolute Gasteiger partial charge is 0.381 e. The first kappa shape index (κ1) is 11.4. The lowest BCUT2D eigenvalue weighted by molar-refractivity contribution is 0.326. The molecule has 1 aromatic carbocycles. The van der Waals surface area contributed by atoms with Crippen LogP contribution in [0.25, 0.3) is 0 Å². The van der Waals surface area contributed by atoms with Crippen LogP contribution in [0.4, 0.5) is 5.69 Å². The molecule has 1 atom stereocenters. The first-order valence-corrected chi connectivity index (χ1v) is 6.87. The van der Waals surface area contributed by atoms with Gasteiger partial charge in [0, 0.05) is 35.9 Å². The van der Waals surface area contributed by atoms with Gasteiger partial charge >= 0.3 is 0 Å². The maximum absolute atomic E-state index is 6.14. The van der Waals surface area contributed by atoms with E-state index in [1.165, 1.54) is 32.4 Å². The number of hydrogen-bond donors (Lipinski definition) is 1. The van der Waals surface area contributed by atoms with E-state index in [1.54, 1.807) is 0 Å². The van der Waals surface area contributed by atoms with Crippen molar-refractivity contribution in [2.45, 2.75) is 38.3 Å². The molecule has 0 spiro atoms. The van der Waals surface area contributed by atoms with Crippen molar-refractivity contribution in [2.24, 2.45) is 0 Å². The van der Waals surface area contributed by atoms with E-state index in [4.69, 9.17) is 11.6 Å². The van der Waals surface area contributed by atoms with Crippen LogP contribution in [0.1, 0.15) is 24.8 Å². The molecule has 0 bridgehead atoms. The fourth-order valence-corrected chi connectivity index (χ4v) is 2.78. The Labute approximate surface area is 108 Å². The third-order valence-corrected chi connectivity index (χ3v) is 4.23. The third-order valence-electron chi connectivity index (χ3n) is 3.83. The molecule has 1 heterocycles. The van der Waals surface area contributed by atoms with Crippen LogP contribution in [0.5, 0.6) is 0 Å². The van der Waals surface area contributed by atoms with Gasteiger partial charge in [0.2, 0.25) is 0 Å². The first-order chi connectivity index (χ1) is 8.22. The van der Waals surface area contributed by atoms with Gasteiger partial charge in [-0.1, -0.05) is 17.7 Å². The Hall–Kier alpha value is -0.730. The molecule has 1 aliphatic heterocycles. The molecule has 1 saturated heterocycles. The summed E-state index contributed by atoms with van der Waals surface area (Å²) in [6.07, 6.45) is 4.06. The van der Waals surface area contributed by atoms with Crippen molar-refractivity contribution in [1.82, 2.24) is 4.90 Å². The Balaban J connectivity index is 1.61. The topological polar surface area (TPSA) is 15.3 Å². The highest BCUT2D eigenvalue weighted by molar-refractivity contribution is 6.31. The quantitative estimate of drug-likeness (QED) is 0.886. The SMILES string of the molecule is Cc1ccc(NC2CCN(C3CC3)C2)cc1Cl. The standard InChI is InChI=1S/C14H19ClN2/c1-10-2-3-11(8-14(10)15)16-12-6-7-17(9-12)13-4-5-13/h2-3,8,12-13,16H,4-7,9H2,1H3. The summed E-state index contributed by atoms with van der Waals surface area (Å²) in [6.45, 7) is 4.48. The molecule has 17 heavy (non-hydrogen) atoms. The summed E-state index contributed by atoms with van der Waals surface area (Å²) in [7, 11) is 0. The van der Waals surface area contributed by atoms with Gasteiger partial charge < -0.3 is 5.32 Å². The van der Waals surface area contributed by atoms with E-state index >= 15 is 0 Å². The molecule has 3 heteroatoms. The predicted octanol–water partition coefficient (Wildman–Crippen LogP) is 3.30. The molecule has 0 aromatic heterocycles. The monoisotopic (exact) mass is 250 g/mol. The molecule has 2 aliphatic rings. The first-order valence-electron chi connectivity index (χ1n) is 6.49. The van der Waals surface area contributed by atoms with Crippen LogP contribution in [-0.2, 0) is 0 Å². The summed E-state index contributed by atoms with van der Waals surface area (Å²) in [6, 6.07) is 7.73. The molecule has 1 N–H and O–H groups in total. The number of hydrogen-bond acceptors (Lipinski definition) is 2. The molecule has 1 saturated carbocycles. The Morgan fingerprint density at radius 1 is 1.29 bits per heavy atom. The van der Waals surface area contributed by atoms with Gasteiger partial charge in [0.1, 0.15) is 0 Å². The second-order valence-corrected chi connectivity index (χ2v) is 5.73. The van der Waals surface area contributed by atoms with Crippen molar-refractivity contribution >= 4 is 17.3 Å². The molecular formula is C14H19ClN2. The molecule has 1 unspecified atom stereocenters. The molecule has 1 aliphatic carbocycles. The molecule has 92 valence electrons. The highest BCUT2D eigenvalue weighted by Gasteiger charge is 2.34. The number of aryl methyl sites for hydroxylation is 1. The number of likely N-dealkylation sites (tertiary alicyclic amines) is 1. The third kappa shape index (κ3) is 2.58. The Morgan fingerprint density at radius 2 is 2.12 bits per heavy atom. The van der Waals surface area contributed by atoms with E-state index in [1.807, 2.05) is 13.0 Å². The summed E-state index contributed by atoms with van der Waals surface area (Å²) in [5.74, 6) is 0. The van der Waals surface area contributed by atoms with E-state index < -0.39 is 0 Å². The van der Waals surface area contributed by atoms with E-state index in [-0.39, 0.29) is 0 Å². The summed E-state index contributed by atoms with van der Waals surface area (Å²) >= 11 is 6.14. The number of nitrogens with one attached hydrogen (secondary N) is 1. The van der Waals surface area contributed by atoms with E-state index in [0.717, 1.165) is 22.3 Å². The van der Waals surface area contributed by atoms with Gasteiger partial charge in [-0.2, -0.15) is 0 Å². The lowest BCUT2D eigenvalue weighted by Crippen LogP contribution is -2.27. The minimum atomic E-state index is 0.592. The average Bonchev–Trinajstić information content (AvgIpc) is 3.06. The van der Waals surface area contributed by atoms with Crippen LogP contribution in [0.3, 0.4) is 0 Å². The van der Waals surface area contributed by atoms with Crippen LogP contribution in [0.15, 0.2) is 18.2 Å². The van der Waals surface area contributed by atoms with Crippen molar-refractivity contribution in [3.05, 3.63) is 28.8 Å². The summed E-state index contributed by atoms with van der Waals surface area (Å²) < 4.78 is 0. The number of anilines is 1. The van der Waals surface area contributed by atoms with Crippen molar-refractivity contribution in [3.8, 4) is 0 Å². The van der Waals surface area contributed by atoms with Crippen molar-refractivity contribution in [3.63, 3.8) is 0 Å². The smallest absolute Gasteiger partial charge is 0.0455 e. The average molecular weight is 251 g/mol. The highest BCUT2D eigenvalue weighted by atomic mass is 35.5. The fourth-order valence-electron chi connectivity index (χ4n) is 2.59. The van der Waals surface area contributed by atoms with Gasteiger partial charge in [-0.3, -0.25) is 4.90 Å². The Morgan fingerprint density at radius 3 is 2.82 bits per heavy atom. The molecule has 2 fully saturated rings. The van der Waals surface area contributed by atoms with Gasteiger partial charge in [0.15, 0.2) is 0 Å². The fraction of sp³-hybridized carbons (Fsp3) is 0.571. The highest BCUT2D eigenvalue weighted by Crippen LogP contribution is 2.31. The summed E-state index contributed by atoms with van der Waals surface area (Å²) in [5.41, 5.74) is 2.30. The number of rotatable bonds is 3. The van der Waals surface area contributed by atoms with Crippen LogP contribution in [0, 0.1) is 6.92 Å². The zero-order valence-electron chi connectivity index (χ0n) is 10.2. The van der Waals surface area contributed by atoms with Crippen molar-refractivity contribution < 1.29 is 0 Å². The maximum atomic E-state index is 6.14. The molecule has 1 aromatic rings. The summed E-state index contributed by atoms with van der Waals surface area (Å²) in [5, 5.41) is 4.45. The molecule has 0 radical (unpaired) electrons. The molecule has 2 nitrogen and oxygen atoms in total. The van der Waals surface area contributed by atoms with Gasteiger partial charge in [0.25, 0.3) is 0 Å². The molecular weight excluding hydrogens is 232 g/mol. The number of benzene rings is 1. The minimum absolute atomic E-state index is 0.592. The van der Waals surface area contributed by atoms with Crippen LogP contribution in [-0.4, -0.2) is 30.1 Å². The summed E-state index contributed by atoms with van der Waals surface area (Å²) in [4.78, 5) is 2.62. The van der Waals surface area contributed by atoms with Crippen molar-refractivity contribution in [1.29, 1.82) is 0 Å². The van der Waals surface area contributed by atoms with Crippen LogP contribution < -0.4 is 5.32 Å². The van der Waals surface area contributed by atoms with E-state index in [2.05, 4.69) is 22.3 Å². The normalized spacial score (nSPS) is 25.2. The maximum Gasteiger partial charge on any atom is 0.0455 e. The second kappa shape index (κ2) is 4.51. The Bertz CT molecular complexity index is 415.